The second kappa shape index (κ2) is 20.3. The Morgan fingerprint density at radius 2 is 1.23 bits per heavy atom. The van der Waals surface area contributed by atoms with Gasteiger partial charge in [-0.1, -0.05) is 116 Å². The highest BCUT2D eigenvalue weighted by Gasteiger charge is 2.42. The molecule has 0 saturated heterocycles. The molecule has 0 amide bonds. The highest BCUT2D eigenvalue weighted by atomic mass is 16.6. The Balaban J connectivity index is 4.13. The van der Waals surface area contributed by atoms with E-state index in [1.807, 2.05) is 0 Å². The van der Waals surface area contributed by atoms with E-state index in [4.69, 9.17) is 9.47 Å². The van der Waals surface area contributed by atoms with Gasteiger partial charge < -0.3 is 9.47 Å². The molecular weight excluding hydrogens is 388 g/mol. The molecule has 0 bridgehead atoms. The maximum atomic E-state index is 12.6. The third-order valence-electron chi connectivity index (χ3n) is 5.71. The van der Waals surface area contributed by atoms with Gasteiger partial charge in [-0.25, -0.2) is 4.79 Å². The standard InChI is InChI=1S/C27H48O4/c1-5-9-10-11-12-13-14-15-16-17-18-19-20-21-23-27(22-6-2,31-25(28)8-4)26(29)30-24-7-3/h6-7H,2-3,5,8-24H2,1,4H3. The molecular formula is C27H48O4. The lowest BCUT2D eigenvalue weighted by atomic mass is 9.91. The Labute approximate surface area is 191 Å². The average Bonchev–Trinajstić information content (AvgIpc) is 2.77. The van der Waals surface area contributed by atoms with E-state index in [-0.39, 0.29) is 25.4 Å². The summed E-state index contributed by atoms with van der Waals surface area (Å²) in [4.78, 5) is 24.6. The second-order valence-corrected chi connectivity index (χ2v) is 8.55. The molecule has 0 radical (unpaired) electrons. The van der Waals surface area contributed by atoms with Crippen LogP contribution in [0.15, 0.2) is 25.3 Å². The van der Waals surface area contributed by atoms with Gasteiger partial charge in [0.1, 0.15) is 6.61 Å². The van der Waals surface area contributed by atoms with E-state index < -0.39 is 11.6 Å². The summed E-state index contributed by atoms with van der Waals surface area (Å²) in [6.45, 7) is 11.4. The molecule has 0 N–H and O–H groups in total. The number of ether oxygens (including phenoxy) is 2. The van der Waals surface area contributed by atoms with E-state index in [0.717, 1.165) is 19.3 Å². The molecule has 0 aromatic heterocycles. The molecule has 4 nitrogen and oxygen atoms in total. The van der Waals surface area contributed by atoms with E-state index in [9.17, 15) is 9.59 Å². The van der Waals surface area contributed by atoms with Gasteiger partial charge in [-0.05, 0) is 12.8 Å². The Kier molecular flexibility index (Phi) is 19.3. The highest BCUT2D eigenvalue weighted by molar-refractivity contribution is 5.83. The van der Waals surface area contributed by atoms with Gasteiger partial charge in [0, 0.05) is 12.8 Å². The minimum absolute atomic E-state index is 0.111. The molecule has 0 aliphatic rings. The van der Waals surface area contributed by atoms with Gasteiger partial charge >= 0.3 is 11.9 Å². The largest absolute Gasteiger partial charge is 0.459 e. The normalized spacial score (nSPS) is 12.7. The second-order valence-electron chi connectivity index (χ2n) is 8.55. The van der Waals surface area contributed by atoms with Crippen molar-refractivity contribution in [3.8, 4) is 0 Å². The number of hydrogen-bond donors (Lipinski definition) is 0. The first-order valence-electron chi connectivity index (χ1n) is 12.7. The predicted molar refractivity (Wildman–Crippen MR) is 130 cm³/mol. The van der Waals surface area contributed by atoms with Crippen LogP contribution in [0.4, 0.5) is 0 Å². The highest BCUT2D eigenvalue weighted by Crippen LogP contribution is 2.28. The summed E-state index contributed by atoms with van der Waals surface area (Å²) in [6.07, 6.45) is 21.9. The van der Waals surface area contributed by atoms with Crippen LogP contribution in [0.25, 0.3) is 0 Å². The molecule has 0 saturated carbocycles. The monoisotopic (exact) mass is 436 g/mol. The molecule has 0 aromatic rings. The number of carbonyl (C=O) groups excluding carboxylic acids is 2. The first-order valence-corrected chi connectivity index (χ1v) is 12.7. The minimum Gasteiger partial charge on any atom is -0.459 e. The van der Waals surface area contributed by atoms with Crippen LogP contribution in [0.1, 0.15) is 123 Å². The van der Waals surface area contributed by atoms with Crippen molar-refractivity contribution in [1.82, 2.24) is 0 Å². The topological polar surface area (TPSA) is 52.6 Å². The van der Waals surface area contributed by atoms with Crippen LogP contribution in [0.5, 0.6) is 0 Å². The zero-order valence-corrected chi connectivity index (χ0v) is 20.4. The Morgan fingerprint density at radius 3 is 1.65 bits per heavy atom. The molecule has 31 heavy (non-hydrogen) atoms. The average molecular weight is 437 g/mol. The van der Waals surface area contributed by atoms with E-state index in [0.29, 0.717) is 6.42 Å². The third-order valence-corrected chi connectivity index (χ3v) is 5.71. The fraction of sp³-hybridized carbons (Fsp3) is 0.778. The summed E-state index contributed by atoms with van der Waals surface area (Å²) in [6, 6.07) is 0. The molecule has 1 unspecified atom stereocenters. The fourth-order valence-electron chi connectivity index (χ4n) is 3.82. The van der Waals surface area contributed by atoms with Crippen molar-refractivity contribution >= 4 is 11.9 Å². The van der Waals surface area contributed by atoms with Gasteiger partial charge in [0.15, 0.2) is 0 Å². The summed E-state index contributed by atoms with van der Waals surface area (Å²) >= 11 is 0. The maximum absolute atomic E-state index is 12.6. The van der Waals surface area contributed by atoms with Crippen LogP contribution in [-0.4, -0.2) is 24.1 Å². The Bertz CT molecular complexity index is 486. The van der Waals surface area contributed by atoms with Gasteiger partial charge in [0.25, 0.3) is 0 Å². The lowest BCUT2D eigenvalue weighted by Gasteiger charge is -2.30. The summed E-state index contributed by atoms with van der Waals surface area (Å²) in [5.74, 6) is -0.883. The van der Waals surface area contributed by atoms with Crippen molar-refractivity contribution in [2.75, 3.05) is 6.61 Å². The van der Waals surface area contributed by atoms with E-state index >= 15 is 0 Å². The lowest BCUT2D eigenvalue weighted by Crippen LogP contribution is -2.44. The van der Waals surface area contributed by atoms with Crippen LogP contribution in [-0.2, 0) is 19.1 Å². The van der Waals surface area contributed by atoms with Gasteiger partial charge in [0.05, 0.1) is 0 Å². The van der Waals surface area contributed by atoms with Crippen molar-refractivity contribution < 1.29 is 19.1 Å². The Morgan fingerprint density at radius 1 is 0.742 bits per heavy atom. The van der Waals surface area contributed by atoms with Gasteiger partial charge in [-0.15, -0.1) is 6.58 Å². The molecule has 0 aromatic carbocycles. The zero-order valence-electron chi connectivity index (χ0n) is 20.4. The smallest absolute Gasteiger partial charge is 0.351 e. The van der Waals surface area contributed by atoms with Gasteiger partial charge in [-0.2, -0.15) is 0 Å². The van der Waals surface area contributed by atoms with Crippen LogP contribution in [0.3, 0.4) is 0 Å². The van der Waals surface area contributed by atoms with Crippen molar-refractivity contribution in [3.05, 3.63) is 25.3 Å². The summed E-state index contributed by atoms with van der Waals surface area (Å²) in [7, 11) is 0. The van der Waals surface area contributed by atoms with Crippen LogP contribution >= 0.6 is 0 Å². The molecule has 0 spiro atoms. The molecule has 180 valence electrons. The summed E-state index contributed by atoms with van der Waals surface area (Å²) in [5, 5.41) is 0. The van der Waals surface area contributed by atoms with E-state index in [2.05, 4.69) is 20.1 Å². The van der Waals surface area contributed by atoms with Crippen molar-refractivity contribution in [2.24, 2.45) is 0 Å². The summed E-state index contributed by atoms with van der Waals surface area (Å²) in [5.41, 5.74) is -1.25. The third kappa shape index (κ3) is 15.0. The predicted octanol–water partition coefficient (Wildman–Crippen LogP) is 7.86. The molecule has 0 heterocycles. The number of esters is 2. The molecule has 0 aliphatic carbocycles. The zero-order chi connectivity index (χ0) is 23.2. The van der Waals surface area contributed by atoms with Crippen molar-refractivity contribution in [1.29, 1.82) is 0 Å². The molecule has 0 fully saturated rings. The van der Waals surface area contributed by atoms with Crippen molar-refractivity contribution in [3.63, 3.8) is 0 Å². The minimum atomic E-state index is -1.25. The quantitative estimate of drug-likeness (QED) is 0.0984. The first kappa shape index (κ1) is 29.4. The first-order chi connectivity index (χ1) is 15.1. The van der Waals surface area contributed by atoms with Crippen LogP contribution in [0.2, 0.25) is 0 Å². The number of carbonyl (C=O) groups is 2. The SMILES string of the molecule is C=CCOC(=O)C(CC=C)(CCCCCCCCCCCCCCCC)OC(=O)CC. The lowest BCUT2D eigenvalue weighted by molar-refractivity contribution is -0.183. The Hall–Kier alpha value is -1.58. The van der Waals surface area contributed by atoms with E-state index in [1.165, 1.54) is 76.7 Å². The van der Waals surface area contributed by atoms with Crippen LogP contribution in [0, 0.1) is 0 Å². The molecule has 0 aliphatic heterocycles. The number of hydrogen-bond acceptors (Lipinski definition) is 4. The van der Waals surface area contributed by atoms with Gasteiger partial charge in [0.2, 0.25) is 5.60 Å². The molecule has 1 atom stereocenters. The fourth-order valence-corrected chi connectivity index (χ4v) is 3.82. The number of rotatable bonds is 22. The van der Waals surface area contributed by atoms with Crippen molar-refractivity contribution in [2.45, 2.75) is 129 Å². The maximum Gasteiger partial charge on any atom is 0.351 e. The molecule has 0 rings (SSSR count). The summed E-state index contributed by atoms with van der Waals surface area (Å²) < 4.78 is 10.8. The van der Waals surface area contributed by atoms with Crippen LogP contribution < -0.4 is 0 Å². The molecule has 4 heteroatoms. The number of unbranched alkanes of at least 4 members (excludes halogenated alkanes) is 13. The van der Waals surface area contributed by atoms with E-state index in [1.54, 1.807) is 13.0 Å². The van der Waals surface area contributed by atoms with Gasteiger partial charge in [-0.3, -0.25) is 4.79 Å².